The van der Waals surface area contributed by atoms with Crippen molar-refractivity contribution < 1.29 is 22.4 Å². The van der Waals surface area contributed by atoms with Crippen molar-refractivity contribution in [2.24, 2.45) is 0 Å². The van der Waals surface area contributed by atoms with Crippen molar-refractivity contribution in [2.75, 3.05) is 6.61 Å². The molecule has 35 heavy (non-hydrogen) atoms. The van der Waals surface area contributed by atoms with Gasteiger partial charge in [-0.3, -0.25) is 14.3 Å². The number of aromatic amines is 1. The highest BCUT2D eigenvalue weighted by Crippen LogP contribution is 2.52. The van der Waals surface area contributed by atoms with E-state index in [1.54, 1.807) is 13.2 Å². The summed E-state index contributed by atoms with van der Waals surface area (Å²) >= 11 is 0. The molecule has 2 bridgehead atoms. The van der Waals surface area contributed by atoms with Crippen LogP contribution in [0.4, 0.5) is 0 Å². The van der Waals surface area contributed by atoms with Gasteiger partial charge in [-0.05, 0) is 35.2 Å². The summed E-state index contributed by atoms with van der Waals surface area (Å²) in [5.74, 6) is 0. The third kappa shape index (κ3) is 4.04. The molecule has 0 radical (unpaired) electrons. The minimum absolute atomic E-state index is 0.146. The van der Waals surface area contributed by atoms with E-state index >= 15 is 0 Å². The molecular weight excluding hydrogens is 484 g/mol. The van der Waals surface area contributed by atoms with Crippen molar-refractivity contribution in [3.63, 3.8) is 0 Å². The molecule has 2 fully saturated rings. The van der Waals surface area contributed by atoms with E-state index in [1.807, 2.05) is 6.08 Å². The van der Waals surface area contributed by atoms with Crippen molar-refractivity contribution in [1.82, 2.24) is 9.55 Å². The Balaban J connectivity index is 1.88. The molecule has 4 rings (SSSR count). The first-order valence-electron chi connectivity index (χ1n) is 12.6. The highest BCUT2D eigenvalue weighted by molar-refractivity contribution is 6.84. The van der Waals surface area contributed by atoms with Gasteiger partial charge in [-0.2, -0.15) is 0 Å². The van der Waals surface area contributed by atoms with Crippen molar-refractivity contribution >= 4 is 17.1 Å². The smallest absolute Gasteiger partial charge is 0.335 e. The summed E-state index contributed by atoms with van der Waals surface area (Å²) in [7, 11) is -5.67. The Kier molecular flexibility index (Phi) is 6.91. The summed E-state index contributed by atoms with van der Waals surface area (Å²) in [6.07, 6.45) is 3.09. The van der Waals surface area contributed by atoms with Gasteiger partial charge in [0.1, 0.15) is 11.7 Å². The lowest BCUT2D eigenvalue weighted by Gasteiger charge is -2.53. The molecule has 2 saturated heterocycles. The number of H-pyrrole nitrogens is 1. The fourth-order valence-electron chi connectivity index (χ4n) is 5.76. The molecule has 4 heterocycles. The van der Waals surface area contributed by atoms with Gasteiger partial charge in [0.2, 0.25) is 0 Å². The molecule has 196 valence electrons. The molecule has 0 aromatic carbocycles. The molecule has 0 spiro atoms. The molecule has 1 aromatic rings. The minimum Gasteiger partial charge on any atom is -0.491 e. The average molecular weight is 525 g/mol. The van der Waals surface area contributed by atoms with Gasteiger partial charge >= 0.3 is 22.8 Å². The zero-order valence-electron chi connectivity index (χ0n) is 22.3. The van der Waals surface area contributed by atoms with Gasteiger partial charge in [0, 0.05) is 11.8 Å². The molecular formula is C24H40N2O7Si2. The van der Waals surface area contributed by atoms with Gasteiger partial charge in [0.15, 0.2) is 12.3 Å². The van der Waals surface area contributed by atoms with Gasteiger partial charge in [-0.25, -0.2) is 4.79 Å². The predicted molar refractivity (Wildman–Crippen MR) is 137 cm³/mol. The van der Waals surface area contributed by atoms with Crippen LogP contribution < -0.4 is 11.2 Å². The molecule has 1 N–H and O–H groups in total. The van der Waals surface area contributed by atoms with Crippen LogP contribution in [-0.4, -0.2) is 51.1 Å². The van der Waals surface area contributed by atoms with Crippen LogP contribution in [0.3, 0.4) is 0 Å². The summed E-state index contributed by atoms with van der Waals surface area (Å²) in [6.45, 7) is 19.2. The molecule has 0 saturated carbocycles. The van der Waals surface area contributed by atoms with E-state index in [-0.39, 0.29) is 28.8 Å². The molecule has 11 heteroatoms. The second kappa shape index (κ2) is 9.11. The number of ether oxygens (including phenoxy) is 2. The summed E-state index contributed by atoms with van der Waals surface area (Å²) in [6, 6.07) is 0. The van der Waals surface area contributed by atoms with Crippen LogP contribution in [0.25, 0.3) is 0 Å². The Morgan fingerprint density at radius 3 is 2.17 bits per heavy atom. The largest absolute Gasteiger partial charge is 0.491 e. The summed E-state index contributed by atoms with van der Waals surface area (Å²) in [5.41, 5.74) is -0.803. The van der Waals surface area contributed by atoms with Crippen molar-refractivity contribution in [2.45, 2.75) is 109 Å². The van der Waals surface area contributed by atoms with Crippen LogP contribution >= 0.6 is 0 Å². The maximum absolute atomic E-state index is 12.8. The monoisotopic (exact) mass is 524 g/mol. The van der Waals surface area contributed by atoms with E-state index < -0.39 is 52.4 Å². The third-order valence-corrected chi connectivity index (χ3v) is 18.0. The summed E-state index contributed by atoms with van der Waals surface area (Å²) in [4.78, 5) is 27.2. The molecule has 3 aliphatic rings. The maximum atomic E-state index is 12.8. The number of nitrogens with zero attached hydrogens (tertiary/aromatic N) is 1. The molecule has 4 atom stereocenters. The number of hydrogen-bond acceptors (Lipinski definition) is 7. The molecule has 9 nitrogen and oxygen atoms in total. The number of aryl methyl sites for hydroxylation is 1. The van der Waals surface area contributed by atoms with Crippen LogP contribution in [0.5, 0.6) is 0 Å². The normalized spacial score (nSPS) is 31.5. The first-order valence-corrected chi connectivity index (χ1v) is 16.6. The van der Waals surface area contributed by atoms with E-state index in [2.05, 4.69) is 60.4 Å². The topological polar surface area (TPSA) is 101 Å². The lowest BCUT2D eigenvalue weighted by molar-refractivity contribution is -0.105. The fourth-order valence-corrected chi connectivity index (χ4v) is 17.0. The zero-order valence-corrected chi connectivity index (χ0v) is 24.3. The van der Waals surface area contributed by atoms with Crippen molar-refractivity contribution in [3.05, 3.63) is 44.9 Å². The first-order chi connectivity index (χ1) is 16.3. The Bertz CT molecular complexity index is 1080. The number of hydrogen-bond donors (Lipinski definition) is 1. The second-order valence-electron chi connectivity index (χ2n) is 11.3. The number of rotatable bonds is 5. The SMILES string of the molecule is Cc1cn([C@@H]2O[C@@]34C=CO[C@@H]2[C@@H]3O[Si](C(C)C)(C(C)C)O[Si](C(C)C)(C(C)C)OC4)c(=O)[nH]c1=O. The minimum atomic E-state index is -2.90. The quantitative estimate of drug-likeness (QED) is 0.582. The van der Waals surface area contributed by atoms with Crippen LogP contribution in [0.1, 0.15) is 67.2 Å². The molecule has 0 unspecified atom stereocenters. The van der Waals surface area contributed by atoms with Crippen LogP contribution in [0, 0.1) is 6.92 Å². The Labute approximate surface area is 209 Å². The van der Waals surface area contributed by atoms with Crippen LogP contribution in [0.15, 0.2) is 28.1 Å². The summed E-state index contributed by atoms with van der Waals surface area (Å²) in [5, 5.41) is 0. The van der Waals surface area contributed by atoms with Crippen molar-refractivity contribution in [3.8, 4) is 0 Å². The van der Waals surface area contributed by atoms with Crippen molar-refractivity contribution in [1.29, 1.82) is 0 Å². The molecule has 3 aliphatic heterocycles. The van der Waals surface area contributed by atoms with E-state index in [4.69, 9.17) is 22.4 Å². The Hall–Kier alpha value is -1.51. The highest BCUT2D eigenvalue weighted by Gasteiger charge is 2.67. The molecule has 0 aliphatic carbocycles. The van der Waals surface area contributed by atoms with Crippen LogP contribution in [0.2, 0.25) is 22.2 Å². The van der Waals surface area contributed by atoms with Gasteiger partial charge in [0.05, 0.1) is 12.9 Å². The maximum Gasteiger partial charge on any atom is 0.335 e. The van der Waals surface area contributed by atoms with E-state index in [0.29, 0.717) is 5.56 Å². The molecule has 0 amide bonds. The lowest BCUT2D eigenvalue weighted by Crippen LogP contribution is -2.68. The van der Waals surface area contributed by atoms with Gasteiger partial charge < -0.3 is 22.4 Å². The first kappa shape index (κ1) is 26.6. The number of aromatic nitrogens is 2. The van der Waals surface area contributed by atoms with Crippen LogP contribution in [-0.2, 0) is 22.4 Å². The van der Waals surface area contributed by atoms with Gasteiger partial charge in [-0.1, -0.05) is 55.4 Å². The highest BCUT2D eigenvalue weighted by atomic mass is 28.5. The van der Waals surface area contributed by atoms with E-state index in [0.717, 1.165) is 0 Å². The Morgan fingerprint density at radius 2 is 1.60 bits per heavy atom. The Morgan fingerprint density at radius 1 is 1.00 bits per heavy atom. The number of nitrogens with one attached hydrogen (secondary N) is 1. The van der Waals surface area contributed by atoms with Gasteiger partial charge in [-0.15, -0.1) is 0 Å². The van der Waals surface area contributed by atoms with E-state index in [9.17, 15) is 9.59 Å². The van der Waals surface area contributed by atoms with E-state index in [1.165, 1.54) is 10.8 Å². The predicted octanol–water partition coefficient (Wildman–Crippen LogP) is 3.98. The molecule has 1 aromatic heterocycles. The van der Waals surface area contributed by atoms with Gasteiger partial charge in [0.25, 0.3) is 5.56 Å². The zero-order chi connectivity index (χ0) is 25.9. The third-order valence-electron chi connectivity index (χ3n) is 7.78. The lowest BCUT2D eigenvalue weighted by atomic mass is 9.94. The second-order valence-corrected chi connectivity index (χ2v) is 20.2. The average Bonchev–Trinajstić information content (AvgIpc) is 2.90. The fraction of sp³-hybridized carbons (Fsp3) is 0.750. The summed E-state index contributed by atoms with van der Waals surface area (Å²) < 4.78 is 35.4. The standard InChI is InChI=1S/C24H40N2O7Si2/c1-14(2)34(15(3)4)30-13-24-10-11-29-19(20(24)32-35(33-34,16(5)6)17(7)8)22(31-24)26-12-18(9)21(27)25-23(26)28/h10-12,14-17,19-20,22H,13H2,1-9H3,(H,25,27,28)/t19-,20+,22-,24-/m1/s1.